The first kappa shape index (κ1) is 29.6. The molecule has 0 N–H and O–H groups in total. The molecule has 2 saturated carbocycles. The van der Waals surface area contributed by atoms with E-state index < -0.39 is 0 Å². The van der Waals surface area contributed by atoms with Gasteiger partial charge in [0, 0.05) is 42.9 Å². The number of aromatic nitrogens is 4. The summed E-state index contributed by atoms with van der Waals surface area (Å²) in [6, 6.07) is 25.6. The molecular weight excluding hydrogens is 613 g/mol. The second-order valence-corrected chi connectivity index (χ2v) is 17.4. The zero-order valence-electron chi connectivity index (χ0n) is 28.1. The van der Waals surface area contributed by atoms with E-state index >= 15 is 0 Å². The van der Waals surface area contributed by atoms with E-state index in [2.05, 4.69) is 104 Å². The van der Waals surface area contributed by atoms with Gasteiger partial charge in [-0.1, -0.05) is 80.8 Å². The Morgan fingerprint density at radius 2 is 1.26 bits per heavy atom. The van der Waals surface area contributed by atoms with Gasteiger partial charge in [0.2, 0.25) is 0 Å². The number of thiophene rings is 2. The summed E-state index contributed by atoms with van der Waals surface area (Å²) in [5.74, 6) is 3.74. The number of fused-ring (bicyclic) bond motifs is 6. The molecule has 9 rings (SSSR count). The summed E-state index contributed by atoms with van der Waals surface area (Å²) in [6.45, 7) is 9.30. The van der Waals surface area contributed by atoms with E-state index in [-0.39, 0.29) is 5.54 Å². The number of imidazole rings is 2. The van der Waals surface area contributed by atoms with E-state index in [0.29, 0.717) is 6.04 Å². The van der Waals surface area contributed by atoms with Gasteiger partial charge in [0.05, 0.1) is 11.0 Å². The largest absolute Gasteiger partial charge is 0.320 e. The van der Waals surface area contributed by atoms with Crippen molar-refractivity contribution in [2.45, 2.75) is 103 Å². The highest BCUT2D eigenvalue weighted by molar-refractivity contribution is 7.27. The predicted molar refractivity (Wildman–Crippen MR) is 202 cm³/mol. The van der Waals surface area contributed by atoms with Gasteiger partial charge >= 0.3 is 0 Å². The van der Waals surface area contributed by atoms with Gasteiger partial charge in [-0.05, 0) is 88.8 Å². The van der Waals surface area contributed by atoms with Gasteiger partial charge in [-0.2, -0.15) is 0 Å². The second-order valence-electron chi connectivity index (χ2n) is 15.3. The molecule has 4 heterocycles. The Hall–Kier alpha value is -3.48. The van der Waals surface area contributed by atoms with E-state index in [1.165, 1.54) is 111 Å². The van der Waals surface area contributed by atoms with Crippen LogP contribution >= 0.6 is 22.7 Å². The highest BCUT2D eigenvalue weighted by atomic mass is 32.1. The van der Waals surface area contributed by atoms with Crippen molar-refractivity contribution in [2.24, 2.45) is 5.92 Å². The maximum atomic E-state index is 5.46. The molecule has 3 aromatic carbocycles. The molecule has 0 amide bonds. The molecule has 0 radical (unpaired) electrons. The van der Waals surface area contributed by atoms with Crippen LogP contribution in [0, 0.1) is 5.92 Å². The third-order valence-corrected chi connectivity index (χ3v) is 13.1. The average molecular weight is 657 g/mol. The van der Waals surface area contributed by atoms with Crippen LogP contribution in [0.2, 0.25) is 0 Å². The van der Waals surface area contributed by atoms with Crippen LogP contribution in [0.3, 0.4) is 0 Å². The lowest BCUT2D eigenvalue weighted by Gasteiger charge is -2.29. The molecule has 4 aromatic heterocycles. The summed E-state index contributed by atoms with van der Waals surface area (Å²) in [5, 5.41) is 2.66. The number of benzene rings is 3. The molecule has 2 aliphatic rings. The summed E-state index contributed by atoms with van der Waals surface area (Å²) in [4.78, 5) is 13.0. The van der Waals surface area contributed by atoms with Gasteiger partial charge < -0.3 is 9.13 Å². The Morgan fingerprint density at radius 3 is 1.91 bits per heavy atom. The third kappa shape index (κ3) is 4.97. The van der Waals surface area contributed by atoms with Crippen LogP contribution in [0.15, 0.2) is 66.7 Å². The van der Waals surface area contributed by atoms with Crippen LogP contribution in [-0.4, -0.2) is 19.1 Å². The maximum absolute atomic E-state index is 5.46. The molecule has 0 aliphatic heterocycles. The SMILES string of the molecule is CC1CCC(n2c(-c3ccc(C4CCCCC4)cc3)nc3sc4cc5c(cc4c32)sc2nc(-c3ccccc3)n(C(C)(C)C)c25)CC1. The van der Waals surface area contributed by atoms with E-state index in [9.17, 15) is 0 Å². The minimum Gasteiger partial charge on any atom is -0.320 e. The highest BCUT2D eigenvalue weighted by Crippen LogP contribution is 2.47. The first-order valence-corrected chi connectivity index (χ1v) is 19.4. The molecule has 0 spiro atoms. The second kappa shape index (κ2) is 11.3. The van der Waals surface area contributed by atoms with Crippen molar-refractivity contribution in [1.82, 2.24) is 19.1 Å². The average Bonchev–Trinajstić information content (AvgIpc) is 3.82. The lowest BCUT2D eigenvalue weighted by Crippen LogP contribution is -2.22. The molecule has 7 aromatic rings. The normalized spacial score (nSPS) is 19.9. The molecule has 0 bridgehead atoms. The Morgan fingerprint density at radius 1 is 0.660 bits per heavy atom. The van der Waals surface area contributed by atoms with Crippen LogP contribution in [-0.2, 0) is 5.54 Å². The number of rotatable bonds is 4. The fraction of sp³-hybridized carbons (Fsp3) is 0.415. The molecule has 4 nitrogen and oxygen atoms in total. The van der Waals surface area contributed by atoms with Crippen molar-refractivity contribution in [1.29, 1.82) is 0 Å². The van der Waals surface area contributed by atoms with E-state index in [1.807, 2.05) is 22.7 Å². The molecule has 0 unspecified atom stereocenters. The summed E-state index contributed by atoms with van der Waals surface area (Å²) in [5.41, 5.74) is 6.43. The van der Waals surface area contributed by atoms with Crippen molar-refractivity contribution in [3.05, 3.63) is 72.3 Å². The Balaban J connectivity index is 1.22. The van der Waals surface area contributed by atoms with Crippen molar-refractivity contribution in [3.63, 3.8) is 0 Å². The minimum absolute atomic E-state index is 0.110. The van der Waals surface area contributed by atoms with Crippen LogP contribution < -0.4 is 0 Å². The number of hydrogen-bond donors (Lipinski definition) is 0. The van der Waals surface area contributed by atoms with Crippen LogP contribution in [0.5, 0.6) is 0 Å². The van der Waals surface area contributed by atoms with Crippen molar-refractivity contribution in [3.8, 4) is 22.8 Å². The summed E-state index contributed by atoms with van der Waals surface area (Å²) in [7, 11) is 0. The molecular formula is C41H44N4S2. The Bertz CT molecular complexity index is 2230. The Kier molecular flexibility index (Phi) is 7.13. The first-order chi connectivity index (χ1) is 22.8. The minimum atomic E-state index is -0.110. The van der Waals surface area contributed by atoms with E-state index in [0.717, 1.165) is 28.3 Å². The van der Waals surface area contributed by atoms with Gasteiger partial charge in [-0.3, -0.25) is 0 Å². The standard InChI is InChI=1S/C41H44N4S2/c1-25-15-21-30(22-16-25)44-35-31-23-34-32(36-40(47-34)43-38(45(36)41(2,3)4)28-13-9-6-10-14-28)24-33(31)46-39(35)42-37(44)29-19-17-27(18-20-29)26-11-7-5-8-12-26/h6,9-10,13-14,17-20,23-26,30H,5,7-8,11-12,15-16,21-22H2,1-4H3. The summed E-state index contributed by atoms with van der Waals surface area (Å²) in [6.07, 6.45) is 11.8. The zero-order valence-corrected chi connectivity index (χ0v) is 29.7. The molecule has 47 heavy (non-hydrogen) atoms. The van der Waals surface area contributed by atoms with E-state index in [1.54, 1.807) is 0 Å². The number of nitrogens with zero attached hydrogens (tertiary/aromatic N) is 4. The highest BCUT2D eigenvalue weighted by Gasteiger charge is 2.29. The third-order valence-electron chi connectivity index (χ3n) is 11.0. The monoisotopic (exact) mass is 656 g/mol. The lowest BCUT2D eigenvalue weighted by molar-refractivity contribution is 0.295. The fourth-order valence-electron chi connectivity index (χ4n) is 8.58. The van der Waals surface area contributed by atoms with Crippen molar-refractivity contribution < 1.29 is 0 Å². The molecule has 240 valence electrons. The maximum Gasteiger partial charge on any atom is 0.143 e. The molecule has 0 atom stereocenters. The van der Waals surface area contributed by atoms with Crippen molar-refractivity contribution in [2.75, 3.05) is 0 Å². The number of hydrogen-bond acceptors (Lipinski definition) is 4. The van der Waals surface area contributed by atoms with Crippen LogP contribution in [0.25, 0.3) is 63.6 Å². The van der Waals surface area contributed by atoms with Crippen molar-refractivity contribution >= 4 is 63.5 Å². The molecule has 2 aliphatic carbocycles. The molecule has 0 saturated heterocycles. The summed E-state index contributed by atoms with van der Waals surface area (Å²) >= 11 is 3.71. The quantitative estimate of drug-likeness (QED) is 0.189. The fourth-order valence-corrected chi connectivity index (χ4v) is 10.7. The lowest BCUT2D eigenvalue weighted by atomic mass is 9.84. The van der Waals surface area contributed by atoms with Crippen LogP contribution in [0.4, 0.5) is 0 Å². The molecule has 6 heteroatoms. The van der Waals surface area contributed by atoms with Gasteiger partial charge in [-0.15, -0.1) is 22.7 Å². The van der Waals surface area contributed by atoms with E-state index in [4.69, 9.17) is 9.97 Å². The smallest absolute Gasteiger partial charge is 0.143 e. The van der Waals surface area contributed by atoms with Gasteiger partial charge in [0.1, 0.15) is 21.3 Å². The molecule has 2 fully saturated rings. The van der Waals surface area contributed by atoms with Crippen LogP contribution in [0.1, 0.15) is 103 Å². The first-order valence-electron chi connectivity index (χ1n) is 17.8. The zero-order chi connectivity index (χ0) is 31.9. The predicted octanol–water partition coefficient (Wildman–Crippen LogP) is 12.7. The summed E-state index contributed by atoms with van der Waals surface area (Å²) < 4.78 is 7.77. The topological polar surface area (TPSA) is 35.6 Å². The van der Waals surface area contributed by atoms with Gasteiger partial charge in [-0.25, -0.2) is 9.97 Å². The van der Waals surface area contributed by atoms with Gasteiger partial charge in [0.15, 0.2) is 0 Å². The Labute approximate surface area is 285 Å². The van der Waals surface area contributed by atoms with Gasteiger partial charge in [0.25, 0.3) is 0 Å².